The lowest BCUT2D eigenvalue weighted by atomic mass is 10.0. The van der Waals surface area contributed by atoms with Crippen molar-refractivity contribution in [2.24, 2.45) is 5.92 Å². The Hall–Kier alpha value is -1.88. The van der Waals surface area contributed by atoms with E-state index in [4.69, 9.17) is 16.6 Å². The Kier molecular flexibility index (Phi) is 6.30. The minimum Gasteiger partial charge on any atom is -0.367 e. The molecule has 1 aliphatic carbocycles. The summed E-state index contributed by atoms with van der Waals surface area (Å²) in [6.45, 7) is 4.41. The van der Waals surface area contributed by atoms with Gasteiger partial charge in [-0.3, -0.25) is 4.79 Å². The molecule has 0 bridgehead atoms. The second kappa shape index (κ2) is 8.67. The second-order valence-electron chi connectivity index (χ2n) is 7.01. The summed E-state index contributed by atoms with van der Waals surface area (Å²) in [5.74, 6) is 1.56. The van der Waals surface area contributed by atoms with Crippen molar-refractivity contribution < 1.29 is 4.79 Å². The minimum atomic E-state index is 0.0466. The predicted octanol–water partition coefficient (Wildman–Crippen LogP) is 4.69. The van der Waals surface area contributed by atoms with Crippen LogP contribution in [0.1, 0.15) is 58.2 Å². The van der Waals surface area contributed by atoms with Crippen LogP contribution in [0.25, 0.3) is 10.9 Å². The highest BCUT2D eigenvalue weighted by Gasteiger charge is 2.18. The Morgan fingerprint density at radius 2 is 1.96 bits per heavy atom. The smallest absolute Gasteiger partial charge is 0.223 e. The largest absolute Gasteiger partial charge is 0.367 e. The van der Waals surface area contributed by atoms with Crippen molar-refractivity contribution in [3.63, 3.8) is 0 Å². The average Bonchev–Trinajstić information content (AvgIpc) is 3.14. The van der Waals surface area contributed by atoms with Crippen molar-refractivity contribution in [3.05, 3.63) is 29.0 Å². The molecule has 2 aromatic rings. The van der Waals surface area contributed by atoms with Gasteiger partial charge in [0.2, 0.25) is 5.91 Å². The van der Waals surface area contributed by atoms with E-state index < -0.39 is 0 Å². The van der Waals surface area contributed by atoms with Gasteiger partial charge in [0.05, 0.1) is 12.1 Å². The molecule has 1 aliphatic rings. The van der Waals surface area contributed by atoms with Crippen LogP contribution in [0.15, 0.2) is 18.2 Å². The molecule has 5 nitrogen and oxygen atoms in total. The van der Waals surface area contributed by atoms with Crippen LogP contribution in [0.4, 0.5) is 5.82 Å². The fourth-order valence-corrected chi connectivity index (χ4v) is 3.74. The van der Waals surface area contributed by atoms with Gasteiger partial charge in [-0.25, -0.2) is 9.97 Å². The molecule has 6 heteroatoms. The summed E-state index contributed by atoms with van der Waals surface area (Å²) in [5, 5.41) is 8.14. The van der Waals surface area contributed by atoms with Crippen LogP contribution < -0.4 is 10.6 Å². The zero-order valence-corrected chi connectivity index (χ0v) is 16.3. The highest BCUT2D eigenvalue weighted by molar-refractivity contribution is 6.31. The number of amides is 1. The maximum atomic E-state index is 12.3. The Morgan fingerprint density at radius 3 is 2.65 bits per heavy atom. The Morgan fingerprint density at radius 1 is 1.23 bits per heavy atom. The molecular formula is C20H27ClN4O. The normalized spacial score (nSPS) is 14.9. The maximum absolute atomic E-state index is 12.3. The standard InChI is InChI=1S/C20H27ClN4O/c1-3-13(4-2)20(26)22-12-18-24-17-10-9-14(21)11-16(17)19(25-18)23-15-7-5-6-8-15/h9-11,13,15H,3-8,12H2,1-2H3,(H,22,26)(H,23,24,25). The van der Waals surface area contributed by atoms with Gasteiger partial charge >= 0.3 is 0 Å². The van der Waals surface area contributed by atoms with Crippen molar-refractivity contribution in [2.45, 2.75) is 65.0 Å². The molecule has 0 radical (unpaired) electrons. The van der Waals surface area contributed by atoms with Crippen LogP contribution in [0.3, 0.4) is 0 Å². The molecule has 0 spiro atoms. The predicted molar refractivity (Wildman–Crippen MR) is 106 cm³/mol. The van der Waals surface area contributed by atoms with Gasteiger partial charge in [-0.2, -0.15) is 0 Å². The first-order chi connectivity index (χ1) is 12.6. The van der Waals surface area contributed by atoms with E-state index in [2.05, 4.69) is 15.6 Å². The Bertz CT molecular complexity index is 770. The third-order valence-corrected chi connectivity index (χ3v) is 5.41. The number of carbonyl (C=O) groups excluding carboxylic acids is 1. The van der Waals surface area contributed by atoms with Gasteiger partial charge in [-0.15, -0.1) is 0 Å². The fourth-order valence-electron chi connectivity index (χ4n) is 3.57. The molecule has 1 fully saturated rings. The summed E-state index contributed by atoms with van der Waals surface area (Å²) < 4.78 is 0. The first-order valence-corrected chi connectivity index (χ1v) is 9.99. The van der Waals surface area contributed by atoms with E-state index in [1.54, 1.807) is 0 Å². The van der Waals surface area contributed by atoms with Crippen LogP contribution in [-0.4, -0.2) is 21.9 Å². The molecule has 0 saturated heterocycles. The molecule has 2 N–H and O–H groups in total. The highest BCUT2D eigenvalue weighted by Crippen LogP contribution is 2.28. The van der Waals surface area contributed by atoms with E-state index in [0.717, 1.165) is 42.4 Å². The SMILES string of the molecule is CCC(CC)C(=O)NCc1nc(NC2CCCC2)c2cc(Cl)ccc2n1. The molecule has 140 valence electrons. The monoisotopic (exact) mass is 374 g/mol. The summed E-state index contributed by atoms with van der Waals surface area (Å²) in [5.41, 5.74) is 0.844. The van der Waals surface area contributed by atoms with Crippen molar-refractivity contribution >= 4 is 34.2 Å². The number of aromatic nitrogens is 2. The van der Waals surface area contributed by atoms with Crippen LogP contribution in [0.2, 0.25) is 5.02 Å². The van der Waals surface area contributed by atoms with Crippen molar-refractivity contribution in [3.8, 4) is 0 Å². The molecule has 1 saturated carbocycles. The van der Waals surface area contributed by atoms with E-state index in [1.807, 2.05) is 32.0 Å². The lowest BCUT2D eigenvalue weighted by Crippen LogP contribution is -2.30. The van der Waals surface area contributed by atoms with Gasteiger partial charge in [0.1, 0.15) is 5.82 Å². The molecular weight excluding hydrogens is 348 g/mol. The molecule has 1 amide bonds. The van der Waals surface area contributed by atoms with E-state index in [0.29, 0.717) is 23.4 Å². The molecule has 1 heterocycles. The number of carbonyl (C=O) groups is 1. The van der Waals surface area contributed by atoms with Crippen LogP contribution in [-0.2, 0) is 11.3 Å². The lowest BCUT2D eigenvalue weighted by Gasteiger charge is -2.17. The summed E-state index contributed by atoms with van der Waals surface area (Å²) in [7, 11) is 0. The zero-order chi connectivity index (χ0) is 18.5. The molecule has 0 atom stereocenters. The molecule has 3 rings (SSSR count). The number of rotatable bonds is 7. The second-order valence-corrected chi connectivity index (χ2v) is 7.44. The minimum absolute atomic E-state index is 0.0466. The molecule has 0 aliphatic heterocycles. The van der Waals surface area contributed by atoms with E-state index in [1.165, 1.54) is 12.8 Å². The first-order valence-electron chi connectivity index (χ1n) is 9.61. The molecule has 1 aromatic heterocycles. The molecule has 26 heavy (non-hydrogen) atoms. The van der Waals surface area contributed by atoms with Gasteiger partial charge in [0, 0.05) is 22.4 Å². The molecule has 0 unspecified atom stereocenters. The van der Waals surface area contributed by atoms with Gasteiger partial charge in [0.15, 0.2) is 5.82 Å². The van der Waals surface area contributed by atoms with E-state index >= 15 is 0 Å². The third kappa shape index (κ3) is 4.44. The summed E-state index contributed by atoms with van der Waals surface area (Å²) in [4.78, 5) is 21.6. The van der Waals surface area contributed by atoms with E-state index in [9.17, 15) is 4.79 Å². The number of anilines is 1. The van der Waals surface area contributed by atoms with Crippen molar-refractivity contribution in [1.29, 1.82) is 0 Å². The lowest BCUT2D eigenvalue weighted by molar-refractivity contribution is -0.125. The van der Waals surface area contributed by atoms with Crippen molar-refractivity contribution in [1.82, 2.24) is 15.3 Å². The number of benzene rings is 1. The van der Waals surface area contributed by atoms with Gasteiger partial charge in [0.25, 0.3) is 0 Å². The molecule has 1 aromatic carbocycles. The third-order valence-electron chi connectivity index (χ3n) is 5.18. The summed E-state index contributed by atoms with van der Waals surface area (Å²) in [6.07, 6.45) is 6.50. The average molecular weight is 375 g/mol. The fraction of sp³-hybridized carbons (Fsp3) is 0.550. The summed E-state index contributed by atoms with van der Waals surface area (Å²) in [6, 6.07) is 6.09. The number of nitrogens with zero attached hydrogens (tertiary/aromatic N) is 2. The zero-order valence-electron chi connectivity index (χ0n) is 15.5. The van der Waals surface area contributed by atoms with Crippen LogP contribution in [0.5, 0.6) is 0 Å². The first kappa shape index (κ1) is 18.9. The van der Waals surface area contributed by atoms with E-state index in [-0.39, 0.29) is 11.8 Å². The number of nitrogens with one attached hydrogen (secondary N) is 2. The number of fused-ring (bicyclic) bond motifs is 1. The number of hydrogen-bond acceptors (Lipinski definition) is 4. The van der Waals surface area contributed by atoms with Crippen molar-refractivity contribution in [2.75, 3.05) is 5.32 Å². The number of hydrogen-bond donors (Lipinski definition) is 2. The quantitative estimate of drug-likeness (QED) is 0.737. The Labute approximate surface area is 159 Å². The highest BCUT2D eigenvalue weighted by atomic mass is 35.5. The topological polar surface area (TPSA) is 66.9 Å². The van der Waals surface area contributed by atoms with Gasteiger partial charge < -0.3 is 10.6 Å². The van der Waals surface area contributed by atoms with Gasteiger partial charge in [-0.05, 0) is 43.9 Å². The van der Waals surface area contributed by atoms with Gasteiger partial charge in [-0.1, -0.05) is 38.3 Å². The van der Waals surface area contributed by atoms with Crippen LogP contribution in [0, 0.1) is 5.92 Å². The number of halogens is 1. The maximum Gasteiger partial charge on any atom is 0.223 e. The Balaban J connectivity index is 1.83. The van der Waals surface area contributed by atoms with Crippen LogP contribution >= 0.6 is 11.6 Å². The summed E-state index contributed by atoms with van der Waals surface area (Å²) >= 11 is 6.18.